The molecule has 0 aliphatic rings. The van der Waals surface area contributed by atoms with E-state index in [0.29, 0.717) is 0 Å². The van der Waals surface area contributed by atoms with Crippen LogP contribution in [0.2, 0.25) is 10.2 Å². The Morgan fingerprint density at radius 1 is 1.57 bits per heavy atom. The minimum absolute atomic E-state index is 0.0199. The third-order valence-electron chi connectivity index (χ3n) is 1.49. The number of aromatic carboxylic acids is 1. The summed E-state index contributed by atoms with van der Waals surface area (Å²) in [4.78, 5) is 14.2. The summed E-state index contributed by atoms with van der Waals surface area (Å²) >= 11 is 11.2. The number of ether oxygens (including phenoxy) is 1. The highest BCUT2D eigenvalue weighted by molar-refractivity contribution is 6.43. The van der Waals surface area contributed by atoms with Gasteiger partial charge in [-0.05, 0) is 0 Å². The number of nitrogens with two attached hydrogens (primary N) is 1. The largest absolute Gasteiger partial charge is 0.492 e. The Morgan fingerprint density at radius 2 is 2.14 bits per heavy atom. The van der Waals surface area contributed by atoms with Gasteiger partial charge in [-0.15, -0.1) is 0 Å². The molecule has 0 aromatic carbocycles. The molecule has 76 valence electrons. The molecular weight excluding hydrogens is 231 g/mol. The van der Waals surface area contributed by atoms with Gasteiger partial charge in [-0.2, -0.15) is 0 Å². The van der Waals surface area contributed by atoms with Crippen molar-refractivity contribution in [2.45, 2.75) is 0 Å². The van der Waals surface area contributed by atoms with Crippen molar-refractivity contribution in [1.82, 2.24) is 4.98 Å². The van der Waals surface area contributed by atoms with Crippen molar-refractivity contribution in [3.8, 4) is 5.75 Å². The smallest absolute Gasteiger partial charge is 0.358 e. The first-order valence-corrected chi connectivity index (χ1v) is 4.16. The second kappa shape index (κ2) is 3.89. The van der Waals surface area contributed by atoms with Gasteiger partial charge in [0.1, 0.15) is 5.02 Å². The second-order valence-electron chi connectivity index (χ2n) is 2.32. The van der Waals surface area contributed by atoms with Crippen LogP contribution < -0.4 is 10.5 Å². The molecule has 0 aliphatic heterocycles. The molecule has 0 unspecified atom stereocenters. The summed E-state index contributed by atoms with van der Waals surface area (Å²) < 4.78 is 4.76. The van der Waals surface area contributed by atoms with Gasteiger partial charge in [0.25, 0.3) is 0 Å². The summed E-state index contributed by atoms with van der Waals surface area (Å²) in [7, 11) is 1.27. The summed E-state index contributed by atoms with van der Waals surface area (Å²) in [5, 5.41) is 8.55. The van der Waals surface area contributed by atoms with Gasteiger partial charge in [-0.1, -0.05) is 23.2 Å². The van der Waals surface area contributed by atoms with Gasteiger partial charge in [0.2, 0.25) is 0 Å². The maximum absolute atomic E-state index is 10.7. The van der Waals surface area contributed by atoms with Crippen LogP contribution in [0.1, 0.15) is 10.5 Å². The number of hydrogen-bond acceptors (Lipinski definition) is 4. The number of nitrogens with zero attached hydrogens (tertiary/aromatic N) is 1. The third kappa shape index (κ3) is 1.69. The summed E-state index contributed by atoms with van der Waals surface area (Å²) in [6.45, 7) is 0. The maximum atomic E-state index is 10.7. The molecule has 1 heterocycles. The molecule has 0 spiro atoms. The number of carboxylic acid groups (broad SMARTS) is 1. The van der Waals surface area contributed by atoms with Crippen molar-refractivity contribution < 1.29 is 14.6 Å². The molecule has 0 aliphatic carbocycles. The Labute approximate surface area is 89.4 Å². The van der Waals surface area contributed by atoms with Crippen LogP contribution in [0, 0.1) is 0 Å². The van der Waals surface area contributed by atoms with E-state index >= 15 is 0 Å². The van der Waals surface area contributed by atoms with Gasteiger partial charge in [0.05, 0.1) is 12.8 Å². The second-order valence-corrected chi connectivity index (χ2v) is 3.05. The van der Waals surface area contributed by atoms with E-state index < -0.39 is 5.97 Å². The van der Waals surface area contributed by atoms with E-state index in [-0.39, 0.29) is 27.3 Å². The number of hydrogen-bond donors (Lipinski definition) is 2. The lowest BCUT2D eigenvalue weighted by atomic mass is 10.3. The molecule has 14 heavy (non-hydrogen) atoms. The van der Waals surface area contributed by atoms with Crippen molar-refractivity contribution in [2.24, 2.45) is 0 Å². The van der Waals surface area contributed by atoms with E-state index in [9.17, 15) is 4.79 Å². The van der Waals surface area contributed by atoms with E-state index in [1.165, 1.54) is 7.11 Å². The molecule has 0 radical (unpaired) electrons. The Morgan fingerprint density at radius 3 is 2.57 bits per heavy atom. The average molecular weight is 237 g/mol. The van der Waals surface area contributed by atoms with E-state index in [1.54, 1.807) is 0 Å². The van der Waals surface area contributed by atoms with Gasteiger partial charge in [0.15, 0.2) is 16.6 Å². The molecule has 1 aromatic heterocycles. The number of carbonyl (C=O) groups is 1. The summed E-state index contributed by atoms with van der Waals surface area (Å²) in [6.07, 6.45) is 0. The number of pyridine rings is 1. The highest BCUT2D eigenvalue weighted by Gasteiger charge is 2.20. The molecule has 1 aromatic rings. The fourth-order valence-corrected chi connectivity index (χ4v) is 1.20. The molecule has 1 rings (SSSR count). The average Bonchev–Trinajstić information content (AvgIpc) is 2.13. The topological polar surface area (TPSA) is 85.4 Å². The van der Waals surface area contributed by atoms with Crippen molar-refractivity contribution in [1.29, 1.82) is 0 Å². The minimum atomic E-state index is -1.29. The van der Waals surface area contributed by atoms with Gasteiger partial charge in [0, 0.05) is 0 Å². The first-order valence-electron chi connectivity index (χ1n) is 3.40. The third-order valence-corrected chi connectivity index (χ3v) is 2.25. The zero-order valence-electron chi connectivity index (χ0n) is 7.04. The lowest BCUT2D eigenvalue weighted by Crippen LogP contribution is -2.07. The normalized spacial score (nSPS) is 9.93. The molecule has 0 saturated carbocycles. The fraction of sp³-hybridized carbons (Fsp3) is 0.143. The zero-order chi connectivity index (χ0) is 10.9. The number of methoxy groups -OCH3 is 1. The first-order chi connectivity index (χ1) is 6.49. The van der Waals surface area contributed by atoms with Crippen LogP contribution in [0.15, 0.2) is 0 Å². The number of anilines is 1. The van der Waals surface area contributed by atoms with Crippen LogP contribution in [-0.4, -0.2) is 23.2 Å². The molecule has 0 bridgehead atoms. The maximum Gasteiger partial charge on any atom is 0.358 e. The van der Waals surface area contributed by atoms with E-state index in [1.807, 2.05) is 0 Å². The lowest BCUT2D eigenvalue weighted by molar-refractivity contribution is 0.0686. The Bertz CT molecular complexity index is 395. The zero-order valence-corrected chi connectivity index (χ0v) is 8.56. The van der Waals surface area contributed by atoms with E-state index in [4.69, 9.17) is 38.8 Å². The summed E-state index contributed by atoms with van der Waals surface area (Å²) in [5.41, 5.74) is 5.09. The molecule has 0 atom stereocenters. The van der Waals surface area contributed by atoms with Gasteiger partial charge < -0.3 is 15.6 Å². The van der Waals surface area contributed by atoms with Crippen LogP contribution >= 0.6 is 23.2 Å². The van der Waals surface area contributed by atoms with Crippen molar-refractivity contribution in [2.75, 3.05) is 12.8 Å². The van der Waals surface area contributed by atoms with Crippen LogP contribution in [0.5, 0.6) is 5.75 Å². The molecule has 0 amide bonds. The monoisotopic (exact) mass is 236 g/mol. The Balaban J connectivity index is 3.51. The first kappa shape index (κ1) is 10.9. The minimum Gasteiger partial charge on any atom is -0.492 e. The molecule has 3 N–H and O–H groups in total. The van der Waals surface area contributed by atoms with Crippen molar-refractivity contribution in [3.05, 3.63) is 15.9 Å². The number of halogens is 2. The number of aromatic nitrogens is 1. The molecule has 0 fully saturated rings. The SMILES string of the molecule is COc1c(C(=O)O)nc(Cl)c(Cl)c1N. The van der Waals surface area contributed by atoms with Crippen LogP contribution in [0.3, 0.4) is 0 Å². The highest BCUT2D eigenvalue weighted by atomic mass is 35.5. The fourth-order valence-electron chi connectivity index (χ4n) is 0.888. The molecule has 7 heteroatoms. The van der Waals surface area contributed by atoms with Gasteiger partial charge in [-0.25, -0.2) is 9.78 Å². The van der Waals surface area contributed by atoms with Crippen LogP contribution in [0.4, 0.5) is 5.69 Å². The van der Waals surface area contributed by atoms with Crippen molar-refractivity contribution in [3.63, 3.8) is 0 Å². The lowest BCUT2D eigenvalue weighted by Gasteiger charge is -2.09. The predicted molar refractivity (Wildman–Crippen MR) is 52.2 cm³/mol. The number of nitrogen functional groups attached to an aromatic ring is 1. The number of carboxylic acids is 1. The van der Waals surface area contributed by atoms with Crippen LogP contribution in [0.25, 0.3) is 0 Å². The molecule has 5 nitrogen and oxygen atoms in total. The molecule has 0 saturated heterocycles. The summed E-state index contributed by atoms with van der Waals surface area (Å²) in [6, 6.07) is 0. The Hall–Kier alpha value is -1.20. The predicted octanol–water partition coefficient (Wildman–Crippen LogP) is 1.68. The van der Waals surface area contributed by atoms with Gasteiger partial charge in [-0.3, -0.25) is 0 Å². The Kier molecular flexibility index (Phi) is 3.03. The standard InChI is InChI=1S/C7H6Cl2N2O3/c1-14-5-3(10)2(8)6(9)11-4(5)7(12)13/h1H3,(H2,10,11)(H,12,13). The number of rotatable bonds is 2. The van der Waals surface area contributed by atoms with Gasteiger partial charge >= 0.3 is 5.97 Å². The molecular formula is C7H6Cl2N2O3. The highest BCUT2D eigenvalue weighted by Crippen LogP contribution is 2.36. The quantitative estimate of drug-likeness (QED) is 0.764. The van der Waals surface area contributed by atoms with E-state index in [0.717, 1.165) is 0 Å². The van der Waals surface area contributed by atoms with Crippen LogP contribution in [-0.2, 0) is 0 Å². The summed E-state index contributed by atoms with van der Waals surface area (Å²) in [5.74, 6) is -1.38. The van der Waals surface area contributed by atoms with Crippen molar-refractivity contribution >= 4 is 34.9 Å². The van der Waals surface area contributed by atoms with E-state index in [2.05, 4.69) is 4.98 Å².